The van der Waals surface area contributed by atoms with Crippen LogP contribution in [0.5, 0.6) is 0 Å². The van der Waals surface area contributed by atoms with Gasteiger partial charge < -0.3 is 9.64 Å². The highest BCUT2D eigenvalue weighted by Gasteiger charge is 2.13. The Morgan fingerprint density at radius 2 is 2.00 bits per heavy atom. The molecule has 0 fully saturated rings. The van der Waals surface area contributed by atoms with E-state index in [2.05, 4.69) is 5.92 Å². The average molecular weight is 185 g/mol. The Bertz CT molecular complexity index is 193. The number of rotatable bonds is 2. The first-order valence-corrected chi connectivity index (χ1v) is 4.24. The summed E-state index contributed by atoms with van der Waals surface area (Å²) in [7, 11) is 3.66. The van der Waals surface area contributed by atoms with E-state index < -0.39 is 0 Å². The predicted molar refractivity (Wildman–Crippen MR) is 54.8 cm³/mol. The van der Waals surface area contributed by atoms with Crippen molar-refractivity contribution in [3.05, 3.63) is 0 Å². The number of nitrogens with zero attached hydrogens (tertiary/aromatic N) is 1. The Balaban J connectivity index is 4.06. The zero-order valence-electron chi connectivity index (χ0n) is 8.00. The number of hydrogen-bond acceptors (Lipinski definition) is 2. The standard InChI is InChI=1S/C9H15NOS/c1-6-8(7(2)3)11-9(12)10(4)5/h1,7-8H,2-5H3. The minimum Gasteiger partial charge on any atom is -0.454 e. The van der Waals surface area contributed by atoms with E-state index in [1.807, 2.05) is 27.9 Å². The van der Waals surface area contributed by atoms with Gasteiger partial charge in [0.1, 0.15) is 0 Å². The van der Waals surface area contributed by atoms with Crippen LogP contribution in [0.2, 0.25) is 0 Å². The molecule has 0 rings (SSSR count). The van der Waals surface area contributed by atoms with Crippen LogP contribution >= 0.6 is 12.2 Å². The van der Waals surface area contributed by atoms with Gasteiger partial charge in [0.2, 0.25) is 0 Å². The first kappa shape index (κ1) is 11.2. The van der Waals surface area contributed by atoms with Gasteiger partial charge in [-0.2, -0.15) is 0 Å². The molecule has 12 heavy (non-hydrogen) atoms. The highest BCUT2D eigenvalue weighted by atomic mass is 32.1. The maximum Gasteiger partial charge on any atom is 0.260 e. The lowest BCUT2D eigenvalue weighted by molar-refractivity contribution is 0.174. The third-order valence-electron chi connectivity index (χ3n) is 1.36. The van der Waals surface area contributed by atoms with Crippen LogP contribution in [-0.2, 0) is 4.74 Å². The molecule has 0 aromatic heterocycles. The molecule has 1 atom stereocenters. The van der Waals surface area contributed by atoms with Crippen LogP contribution < -0.4 is 0 Å². The molecule has 3 heteroatoms. The van der Waals surface area contributed by atoms with E-state index in [0.29, 0.717) is 5.17 Å². The topological polar surface area (TPSA) is 12.5 Å². The third-order valence-corrected chi connectivity index (χ3v) is 1.82. The molecule has 0 aromatic carbocycles. The van der Waals surface area contributed by atoms with Gasteiger partial charge in [-0.15, -0.1) is 6.42 Å². The number of thiocarbonyl (C=S) groups is 1. The molecule has 0 bridgehead atoms. The molecule has 2 nitrogen and oxygen atoms in total. The number of ether oxygens (including phenoxy) is 1. The minimum atomic E-state index is -0.222. The normalized spacial score (nSPS) is 12.0. The van der Waals surface area contributed by atoms with Gasteiger partial charge in [0.25, 0.3) is 5.17 Å². The Labute approximate surface area is 79.9 Å². The van der Waals surface area contributed by atoms with E-state index in [-0.39, 0.29) is 12.0 Å². The fraction of sp³-hybridized carbons (Fsp3) is 0.667. The fourth-order valence-corrected chi connectivity index (χ4v) is 0.680. The van der Waals surface area contributed by atoms with E-state index in [1.165, 1.54) is 0 Å². The Morgan fingerprint density at radius 3 is 2.25 bits per heavy atom. The molecule has 0 saturated carbocycles. The molecule has 0 radical (unpaired) electrons. The van der Waals surface area contributed by atoms with Crippen LogP contribution in [-0.4, -0.2) is 30.3 Å². The maximum atomic E-state index is 5.34. The van der Waals surface area contributed by atoms with Crippen molar-refractivity contribution < 1.29 is 4.74 Å². The summed E-state index contributed by atoms with van der Waals surface area (Å²) in [6.45, 7) is 4.01. The molecular formula is C9H15NOS. The van der Waals surface area contributed by atoms with Crippen molar-refractivity contribution >= 4 is 17.4 Å². The Hall–Kier alpha value is -0.750. The minimum absolute atomic E-state index is 0.222. The van der Waals surface area contributed by atoms with Crippen LogP contribution in [0.4, 0.5) is 0 Å². The SMILES string of the molecule is C#CC(OC(=S)N(C)C)C(C)C. The van der Waals surface area contributed by atoms with Crippen molar-refractivity contribution in [1.29, 1.82) is 0 Å². The summed E-state index contributed by atoms with van der Waals surface area (Å²) in [5.41, 5.74) is 0. The van der Waals surface area contributed by atoms with Gasteiger partial charge in [-0.05, 0) is 12.2 Å². The number of terminal acetylenes is 1. The molecule has 0 N–H and O–H groups in total. The fourth-order valence-electron chi connectivity index (χ4n) is 0.577. The van der Waals surface area contributed by atoms with E-state index in [9.17, 15) is 0 Å². The van der Waals surface area contributed by atoms with E-state index in [4.69, 9.17) is 23.4 Å². The van der Waals surface area contributed by atoms with Gasteiger partial charge in [-0.25, -0.2) is 0 Å². The summed E-state index contributed by atoms with van der Waals surface area (Å²) >= 11 is 4.95. The van der Waals surface area contributed by atoms with Crippen molar-refractivity contribution in [2.24, 2.45) is 5.92 Å². The quantitative estimate of drug-likeness (QED) is 0.478. The van der Waals surface area contributed by atoms with E-state index in [0.717, 1.165) is 0 Å². The summed E-state index contributed by atoms with van der Waals surface area (Å²) in [5, 5.41) is 0.437. The lowest BCUT2D eigenvalue weighted by atomic mass is 10.1. The smallest absolute Gasteiger partial charge is 0.260 e. The first-order valence-electron chi connectivity index (χ1n) is 3.83. The summed E-state index contributed by atoms with van der Waals surface area (Å²) < 4.78 is 5.34. The molecule has 0 aliphatic carbocycles. The van der Waals surface area contributed by atoms with Gasteiger partial charge in [-0.3, -0.25) is 0 Å². The zero-order chi connectivity index (χ0) is 9.72. The molecule has 0 amide bonds. The van der Waals surface area contributed by atoms with Gasteiger partial charge in [0, 0.05) is 20.0 Å². The summed E-state index contributed by atoms with van der Waals surface area (Å²) in [5.74, 6) is 2.84. The van der Waals surface area contributed by atoms with Crippen LogP contribution in [0.25, 0.3) is 0 Å². The largest absolute Gasteiger partial charge is 0.454 e. The molecule has 0 aromatic rings. The molecule has 0 aliphatic heterocycles. The molecule has 0 aliphatic rings. The summed E-state index contributed by atoms with van der Waals surface area (Å²) in [4.78, 5) is 1.72. The summed E-state index contributed by atoms with van der Waals surface area (Å²) in [6.07, 6.45) is 5.05. The van der Waals surface area contributed by atoms with Crippen molar-refractivity contribution in [3.63, 3.8) is 0 Å². The van der Waals surface area contributed by atoms with Crippen LogP contribution in [0.3, 0.4) is 0 Å². The van der Waals surface area contributed by atoms with E-state index >= 15 is 0 Å². The predicted octanol–water partition coefficient (Wildman–Crippen LogP) is 1.51. The van der Waals surface area contributed by atoms with Gasteiger partial charge in [0.15, 0.2) is 6.10 Å². The molecule has 0 spiro atoms. The Morgan fingerprint density at radius 1 is 1.50 bits per heavy atom. The zero-order valence-corrected chi connectivity index (χ0v) is 8.81. The van der Waals surface area contributed by atoms with Gasteiger partial charge in [0.05, 0.1) is 0 Å². The highest BCUT2D eigenvalue weighted by Crippen LogP contribution is 2.06. The average Bonchev–Trinajstić information content (AvgIpc) is 1.98. The monoisotopic (exact) mass is 185 g/mol. The van der Waals surface area contributed by atoms with Crippen LogP contribution in [0.15, 0.2) is 0 Å². The third kappa shape index (κ3) is 3.59. The Kier molecular flexibility index (Phi) is 4.68. The second-order valence-electron chi connectivity index (χ2n) is 3.11. The van der Waals surface area contributed by atoms with Crippen LogP contribution in [0.1, 0.15) is 13.8 Å². The second kappa shape index (κ2) is 5.00. The summed E-state index contributed by atoms with van der Waals surface area (Å²) in [6, 6.07) is 0. The lowest BCUT2D eigenvalue weighted by Gasteiger charge is -2.21. The molecule has 0 heterocycles. The molecule has 68 valence electrons. The first-order chi connectivity index (χ1) is 5.49. The molecule has 0 saturated heterocycles. The molecular weight excluding hydrogens is 170 g/mol. The molecule has 1 unspecified atom stereocenters. The van der Waals surface area contributed by atoms with Crippen LogP contribution in [0, 0.1) is 18.3 Å². The second-order valence-corrected chi connectivity index (χ2v) is 3.46. The van der Waals surface area contributed by atoms with Crippen molar-refractivity contribution in [1.82, 2.24) is 4.90 Å². The van der Waals surface area contributed by atoms with Crippen molar-refractivity contribution in [3.8, 4) is 12.3 Å². The van der Waals surface area contributed by atoms with Crippen molar-refractivity contribution in [2.45, 2.75) is 20.0 Å². The highest BCUT2D eigenvalue weighted by molar-refractivity contribution is 7.80. The number of hydrogen-bond donors (Lipinski definition) is 0. The maximum absolute atomic E-state index is 5.34. The lowest BCUT2D eigenvalue weighted by Crippen LogP contribution is -2.29. The van der Waals surface area contributed by atoms with Gasteiger partial charge in [-0.1, -0.05) is 19.8 Å². The van der Waals surface area contributed by atoms with Crippen molar-refractivity contribution in [2.75, 3.05) is 14.1 Å². The van der Waals surface area contributed by atoms with E-state index in [1.54, 1.807) is 4.90 Å². The van der Waals surface area contributed by atoms with Gasteiger partial charge >= 0.3 is 0 Å².